The van der Waals surface area contributed by atoms with Crippen molar-refractivity contribution in [3.63, 3.8) is 0 Å². The molecule has 0 aliphatic carbocycles. The minimum absolute atomic E-state index is 0.0313. The van der Waals surface area contributed by atoms with E-state index in [0.717, 1.165) is 17.0 Å². The van der Waals surface area contributed by atoms with E-state index in [-0.39, 0.29) is 11.9 Å². The molecule has 0 saturated heterocycles. The Kier molecular flexibility index (Phi) is 4.55. The maximum atomic E-state index is 12.5. The summed E-state index contributed by atoms with van der Waals surface area (Å²) in [6.07, 6.45) is 2.73. The van der Waals surface area contributed by atoms with Gasteiger partial charge in [-0.05, 0) is 44.0 Å². The molecule has 0 aliphatic rings. The molecule has 0 saturated carbocycles. The van der Waals surface area contributed by atoms with E-state index in [9.17, 15) is 4.79 Å². The maximum absolute atomic E-state index is 12.5. The molecule has 0 aromatic carbocycles. The van der Waals surface area contributed by atoms with Crippen molar-refractivity contribution in [3.8, 4) is 0 Å². The summed E-state index contributed by atoms with van der Waals surface area (Å²) in [7, 11) is 1.84. The van der Waals surface area contributed by atoms with Crippen molar-refractivity contribution < 1.29 is 4.79 Å². The van der Waals surface area contributed by atoms with Gasteiger partial charge in [0.05, 0.1) is 16.6 Å². The molecular formula is C16H20N2OS. The molecule has 1 atom stereocenters. The van der Waals surface area contributed by atoms with Crippen molar-refractivity contribution in [1.82, 2.24) is 9.88 Å². The zero-order valence-electron chi connectivity index (χ0n) is 12.4. The van der Waals surface area contributed by atoms with Crippen molar-refractivity contribution in [1.29, 1.82) is 0 Å². The van der Waals surface area contributed by atoms with Gasteiger partial charge in [0.15, 0.2) is 0 Å². The summed E-state index contributed by atoms with van der Waals surface area (Å²) in [6, 6.07) is 7.77. The first-order chi connectivity index (χ1) is 9.54. The summed E-state index contributed by atoms with van der Waals surface area (Å²) in [5, 5.41) is 0. The van der Waals surface area contributed by atoms with Crippen molar-refractivity contribution in [3.05, 3.63) is 51.5 Å². The zero-order valence-corrected chi connectivity index (χ0v) is 13.2. The molecule has 2 aromatic rings. The monoisotopic (exact) mass is 288 g/mol. The van der Waals surface area contributed by atoms with E-state index < -0.39 is 0 Å². The molecule has 2 heterocycles. The maximum Gasteiger partial charge on any atom is 0.264 e. The SMILES string of the molecule is CCc1cc(C(=O)N(C)[C@H](C)c2ccccn2)sc1C. The zero-order chi connectivity index (χ0) is 14.7. The lowest BCUT2D eigenvalue weighted by atomic mass is 10.1. The molecule has 0 bridgehead atoms. The summed E-state index contributed by atoms with van der Waals surface area (Å²) in [5.41, 5.74) is 2.17. The van der Waals surface area contributed by atoms with Crippen molar-refractivity contribution in [2.24, 2.45) is 0 Å². The van der Waals surface area contributed by atoms with Gasteiger partial charge in [-0.2, -0.15) is 0 Å². The van der Waals surface area contributed by atoms with Gasteiger partial charge in [-0.3, -0.25) is 9.78 Å². The number of hydrogen-bond donors (Lipinski definition) is 0. The fourth-order valence-corrected chi connectivity index (χ4v) is 3.24. The Morgan fingerprint density at radius 1 is 1.45 bits per heavy atom. The molecule has 20 heavy (non-hydrogen) atoms. The third-order valence-electron chi connectivity index (χ3n) is 3.63. The number of rotatable bonds is 4. The van der Waals surface area contributed by atoms with Crippen molar-refractivity contribution in [2.75, 3.05) is 7.05 Å². The number of pyridine rings is 1. The first kappa shape index (κ1) is 14.7. The number of aromatic nitrogens is 1. The van der Waals surface area contributed by atoms with Crippen molar-refractivity contribution >= 4 is 17.2 Å². The van der Waals surface area contributed by atoms with Crippen LogP contribution in [-0.2, 0) is 6.42 Å². The Morgan fingerprint density at radius 2 is 2.20 bits per heavy atom. The number of thiophene rings is 1. The number of carbonyl (C=O) groups is 1. The average Bonchev–Trinajstić information content (AvgIpc) is 2.87. The second-order valence-electron chi connectivity index (χ2n) is 4.89. The molecule has 3 nitrogen and oxygen atoms in total. The van der Waals surface area contributed by atoms with Crippen LogP contribution in [0.1, 0.15) is 45.7 Å². The fraction of sp³-hybridized carbons (Fsp3) is 0.375. The highest BCUT2D eigenvalue weighted by Crippen LogP contribution is 2.26. The van der Waals surface area contributed by atoms with E-state index in [2.05, 4.69) is 18.8 Å². The van der Waals surface area contributed by atoms with Crippen LogP contribution in [0.3, 0.4) is 0 Å². The highest BCUT2D eigenvalue weighted by Gasteiger charge is 2.21. The van der Waals surface area contributed by atoms with Gasteiger partial charge in [0.1, 0.15) is 0 Å². The van der Waals surface area contributed by atoms with Crippen molar-refractivity contribution in [2.45, 2.75) is 33.2 Å². The lowest BCUT2D eigenvalue weighted by molar-refractivity contribution is 0.0744. The highest BCUT2D eigenvalue weighted by atomic mass is 32.1. The van der Waals surface area contributed by atoms with Gasteiger partial charge < -0.3 is 4.90 Å². The summed E-state index contributed by atoms with van der Waals surface area (Å²) < 4.78 is 0. The number of hydrogen-bond acceptors (Lipinski definition) is 3. The van der Waals surface area contributed by atoms with Gasteiger partial charge in [-0.15, -0.1) is 11.3 Å². The Labute approximate surface area is 124 Å². The third kappa shape index (κ3) is 2.90. The minimum Gasteiger partial charge on any atom is -0.333 e. The predicted octanol–water partition coefficient (Wildman–Crippen LogP) is 3.85. The van der Waals surface area contributed by atoms with E-state index in [4.69, 9.17) is 0 Å². The van der Waals surface area contributed by atoms with Crippen LogP contribution >= 0.6 is 11.3 Å². The predicted molar refractivity (Wildman–Crippen MR) is 83.2 cm³/mol. The smallest absolute Gasteiger partial charge is 0.264 e. The van der Waals surface area contributed by atoms with E-state index in [1.54, 1.807) is 22.4 Å². The largest absolute Gasteiger partial charge is 0.333 e. The Hall–Kier alpha value is -1.68. The summed E-state index contributed by atoms with van der Waals surface area (Å²) in [5.74, 6) is 0.0657. The van der Waals surface area contributed by atoms with Crippen LogP contribution in [-0.4, -0.2) is 22.8 Å². The van der Waals surface area contributed by atoms with E-state index in [1.165, 1.54) is 10.4 Å². The Bertz CT molecular complexity index is 592. The third-order valence-corrected chi connectivity index (χ3v) is 4.71. The van der Waals surface area contributed by atoms with Crippen LogP contribution in [0, 0.1) is 6.92 Å². The molecule has 2 aromatic heterocycles. The van der Waals surface area contributed by atoms with Gasteiger partial charge in [0.2, 0.25) is 0 Å². The number of nitrogens with zero attached hydrogens (tertiary/aromatic N) is 2. The first-order valence-electron chi connectivity index (χ1n) is 6.82. The van der Waals surface area contributed by atoms with Crippen LogP contribution in [0.4, 0.5) is 0 Å². The number of carbonyl (C=O) groups excluding carboxylic acids is 1. The van der Waals surface area contributed by atoms with E-state index >= 15 is 0 Å². The highest BCUT2D eigenvalue weighted by molar-refractivity contribution is 7.14. The van der Waals surface area contributed by atoms with Gasteiger partial charge in [-0.1, -0.05) is 13.0 Å². The topological polar surface area (TPSA) is 33.2 Å². The molecular weight excluding hydrogens is 268 g/mol. The molecule has 0 radical (unpaired) electrons. The van der Waals surface area contributed by atoms with E-state index in [0.29, 0.717) is 0 Å². The molecule has 0 spiro atoms. The van der Waals surface area contributed by atoms with Gasteiger partial charge in [0, 0.05) is 18.1 Å². The number of amides is 1. The summed E-state index contributed by atoms with van der Waals surface area (Å²) >= 11 is 1.58. The average molecular weight is 288 g/mol. The number of aryl methyl sites for hydroxylation is 2. The normalized spacial score (nSPS) is 12.2. The van der Waals surface area contributed by atoms with Crippen LogP contribution in [0.15, 0.2) is 30.5 Å². The summed E-state index contributed by atoms with van der Waals surface area (Å²) in [6.45, 7) is 6.19. The Balaban J connectivity index is 2.19. The second kappa shape index (κ2) is 6.18. The van der Waals surface area contributed by atoms with Crippen LogP contribution in [0.5, 0.6) is 0 Å². The van der Waals surface area contributed by atoms with Gasteiger partial charge in [0.25, 0.3) is 5.91 Å². The van der Waals surface area contributed by atoms with Gasteiger partial charge >= 0.3 is 0 Å². The quantitative estimate of drug-likeness (QED) is 0.856. The minimum atomic E-state index is -0.0313. The lowest BCUT2D eigenvalue weighted by Crippen LogP contribution is -2.29. The fourth-order valence-electron chi connectivity index (χ4n) is 2.15. The first-order valence-corrected chi connectivity index (χ1v) is 7.63. The standard InChI is InChI=1S/C16H20N2OS/c1-5-13-10-15(20-12(13)3)16(19)18(4)11(2)14-8-6-7-9-17-14/h6-11H,5H2,1-4H3/t11-/m1/s1. The molecule has 106 valence electrons. The van der Waals surface area contributed by atoms with E-state index in [1.807, 2.05) is 38.2 Å². The molecule has 1 amide bonds. The second-order valence-corrected chi connectivity index (χ2v) is 6.15. The Morgan fingerprint density at radius 3 is 2.75 bits per heavy atom. The van der Waals surface area contributed by atoms with Crippen LogP contribution < -0.4 is 0 Å². The lowest BCUT2D eigenvalue weighted by Gasteiger charge is -2.23. The summed E-state index contributed by atoms with van der Waals surface area (Å²) in [4.78, 5) is 20.7. The molecule has 0 aliphatic heterocycles. The molecule has 0 N–H and O–H groups in total. The van der Waals surface area contributed by atoms with Gasteiger partial charge in [-0.25, -0.2) is 0 Å². The molecule has 0 unspecified atom stereocenters. The van der Waals surface area contributed by atoms with Crippen LogP contribution in [0.25, 0.3) is 0 Å². The molecule has 0 fully saturated rings. The van der Waals surface area contributed by atoms with Crippen LogP contribution in [0.2, 0.25) is 0 Å². The molecule has 2 rings (SSSR count). The molecule has 4 heteroatoms.